The minimum absolute atomic E-state index is 0.190. The number of carbonyl (C=O) groups excluding carboxylic acids is 1. The summed E-state index contributed by atoms with van der Waals surface area (Å²) < 4.78 is 5.20. The lowest BCUT2D eigenvalue weighted by atomic mass is 10.1. The number of aryl methyl sites for hydroxylation is 2. The van der Waals surface area contributed by atoms with Crippen LogP contribution in [0.4, 0.5) is 0 Å². The molecule has 0 aliphatic rings. The molecule has 6 heteroatoms. The number of ether oxygens (including phenoxy) is 1. The molecular weight excluding hydrogens is 282 g/mol. The average Bonchev–Trinajstić information content (AvgIpc) is 2.34. The van der Waals surface area contributed by atoms with Crippen molar-refractivity contribution in [3.8, 4) is 5.75 Å². The average molecular weight is 298 g/mol. The van der Waals surface area contributed by atoms with Gasteiger partial charge in [-0.2, -0.15) is 0 Å². The van der Waals surface area contributed by atoms with Crippen molar-refractivity contribution in [1.82, 2.24) is 5.32 Å². The van der Waals surface area contributed by atoms with Crippen LogP contribution >= 0.6 is 11.6 Å². The first kappa shape index (κ1) is 16.0. The smallest absolute Gasteiger partial charge is 0.341 e. The van der Waals surface area contributed by atoms with Gasteiger partial charge in [-0.1, -0.05) is 18.2 Å². The summed E-state index contributed by atoms with van der Waals surface area (Å²) in [6.07, 6.45) is 0. The molecule has 0 heterocycles. The first-order valence-corrected chi connectivity index (χ1v) is 6.26. The number of carboxylic acid groups (broad SMARTS) is 1. The van der Waals surface area contributed by atoms with Gasteiger partial charge in [-0.05, 0) is 37.1 Å². The van der Waals surface area contributed by atoms with Crippen LogP contribution in [-0.2, 0) is 4.79 Å². The normalized spacial score (nSPS) is 9.95. The maximum atomic E-state index is 11.9. The third kappa shape index (κ3) is 4.59. The lowest BCUT2D eigenvalue weighted by Gasteiger charge is -2.13. The molecule has 0 bridgehead atoms. The van der Waals surface area contributed by atoms with E-state index in [1.807, 2.05) is 0 Å². The fraction of sp³-hybridized carbons (Fsp3) is 0.286. The zero-order valence-corrected chi connectivity index (χ0v) is 12.1. The topological polar surface area (TPSA) is 75.6 Å². The summed E-state index contributed by atoms with van der Waals surface area (Å²) in [5.41, 5.74) is 1.85. The molecule has 108 valence electrons. The van der Waals surface area contributed by atoms with E-state index < -0.39 is 12.6 Å². The van der Waals surface area contributed by atoms with Crippen LogP contribution in [0.15, 0.2) is 23.7 Å². The van der Waals surface area contributed by atoms with Gasteiger partial charge in [0.1, 0.15) is 5.75 Å². The molecule has 0 unspecified atom stereocenters. The fourth-order valence-corrected chi connectivity index (χ4v) is 1.79. The molecule has 1 amide bonds. The Morgan fingerprint density at radius 1 is 1.35 bits per heavy atom. The van der Waals surface area contributed by atoms with E-state index in [-0.39, 0.29) is 12.5 Å². The van der Waals surface area contributed by atoms with Crippen LogP contribution in [0, 0.1) is 13.8 Å². The number of amides is 1. The zero-order valence-electron chi connectivity index (χ0n) is 11.3. The standard InChI is InChI=1S/C14H16ClNO4/c1-8-4-11(14(19)16-6-10(3)15)5-9(2)13(8)20-7-12(17)18/h4-5H,3,6-7H2,1-2H3,(H,16,19)(H,17,18). The van der Waals surface area contributed by atoms with Crippen LogP contribution in [0.2, 0.25) is 0 Å². The van der Waals surface area contributed by atoms with Crippen LogP contribution in [0.3, 0.4) is 0 Å². The second-order valence-electron chi connectivity index (χ2n) is 4.32. The Balaban J connectivity index is 2.89. The quantitative estimate of drug-likeness (QED) is 0.844. The van der Waals surface area contributed by atoms with Gasteiger partial charge in [0, 0.05) is 10.6 Å². The number of carbonyl (C=O) groups is 2. The summed E-state index contributed by atoms with van der Waals surface area (Å²) in [7, 11) is 0. The van der Waals surface area contributed by atoms with Gasteiger partial charge in [-0.25, -0.2) is 4.79 Å². The Morgan fingerprint density at radius 2 is 1.90 bits per heavy atom. The van der Waals surface area contributed by atoms with Gasteiger partial charge >= 0.3 is 5.97 Å². The largest absolute Gasteiger partial charge is 0.481 e. The van der Waals surface area contributed by atoms with E-state index in [9.17, 15) is 9.59 Å². The predicted octanol–water partition coefficient (Wildman–Crippen LogP) is 2.25. The first-order valence-electron chi connectivity index (χ1n) is 5.88. The van der Waals surface area contributed by atoms with Gasteiger partial charge in [0.2, 0.25) is 0 Å². The molecule has 0 aromatic heterocycles. The summed E-state index contributed by atoms with van der Waals surface area (Å²) in [4.78, 5) is 22.4. The summed E-state index contributed by atoms with van der Waals surface area (Å²) in [5.74, 6) is -0.847. The van der Waals surface area contributed by atoms with Crippen LogP contribution in [0.25, 0.3) is 0 Å². The summed E-state index contributed by atoms with van der Waals surface area (Å²) in [6.45, 7) is 6.76. The van der Waals surface area contributed by atoms with E-state index in [0.717, 1.165) is 0 Å². The number of aliphatic carboxylic acids is 1. The molecule has 0 saturated heterocycles. The van der Waals surface area contributed by atoms with Crippen molar-refractivity contribution in [3.05, 3.63) is 40.4 Å². The zero-order chi connectivity index (χ0) is 15.3. The minimum Gasteiger partial charge on any atom is -0.481 e. The molecule has 0 atom stereocenters. The van der Waals surface area contributed by atoms with Gasteiger partial charge in [0.05, 0.1) is 6.54 Å². The summed E-state index contributed by atoms with van der Waals surface area (Å²) in [6, 6.07) is 3.27. The molecule has 1 rings (SSSR count). The Labute approximate surface area is 122 Å². The number of halogens is 1. The van der Waals surface area contributed by atoms with Crippen LogP contribution in [0.5, 0.6) is 5.75 Å². The van der Waals surface area contributed by atoms with Crippen LogP contribution in [0.1, 0.15) is 21.5 Å². The maximum Gasteiger partial charge on any atom is 0.341 e. The molecule has 5 nitrogen and oxygen atoms in total. The highest BCUT2D eigenvalue weighted by Crippen LogP contribution is 2.24. The molecule has 0 fully saturated rings. The van der Waals surface area contributed by atoms with E-state index in [2.05, 4.69) is 11.9 Å². The van der Waals surface area contributed by atoms with E-state index in [1.165, 1.54) is 0 Å². The van der Waals surface area contributed by atoms with Crippen molar-refractivity contribution in [2.75, 3.05) is 13.2 Å². The highest BCUT2D eigenvalue weighted by Gasteiger charge is 2.12. The Morgan fingerprint density at radius 3 is 2.35 bits per heavy atom. The second-order valence-corrected chi connectivity index (χ2v) is 4.86. The van der Waals surface area contributed by atoms with Gasteiger partial charge in [0.15, 0.2) is 6.61 Å². The molecule has 1 aromatic carbocycles. The van der Waals surface area contributed by atoms with Gasteiger partial charge in [-0.3, -0.25) is 4.79 Å². The van der Waals surface area contributed by atoms with Crippen molar-refractivity contribution in [3.63, 3.8) is 0 Å². The monoisotopic (exact) mass is 297 g/mol. The summed E-state index contributed by atoms with van der Waals surface area (Å²) >= 11 is 5.58. The molecule has 0 radical (unpaired) electrons. The summed E-state index contributed by atoms with van der Waals surface area (Å²) in [5, 5.41) is 11.6. The minimum atomic E-state index is -1.05. The van der Waals surface area contributed by atoms with Crippen molar-refractivity contribution in [2.24, 2.45) is 0 Å². The molecule has 1 aromatic rings. The fourth-order valence-electron chi connectivity index (χ4n) is 1.72. The van der Waals surface area contributed by atoms with E-state index in [1.54, 1.807) is 26.0 Å². The van der Waals surface area contributed by atoms with E-state index in [0.29, 0.717) is 27.5 Å². The first-order chi connectivity index (χ1) is 9.31. The van der Waals surface area contributed by atoms with Gasteiger partial charge in [-0.15, -0.1) is 0 Å². The molecule has 0 aliphatic carbocycles. The lowest BCUT2D eigenvalue weighted by molar-refractivity contribution is -0.139. The third-order valence-corrected chi connectivity index (χ3v) is 2.64. The molecule has 0 saturated carbocycles. The predicted molar refractivity (Wildman–Crippen MR) is 76.4 cm³/mol. The molecule has 20 heavy (non-hydrogen) atoms. The van der Waals surface area contributed by atoms with Crippen molar-refractivity contribution < 1.29 is 19.4 Å². The van der Waals surface area contributed by atoms with Crippen molar-refractivity contribution >= 4 is 23.5 Å². The lowest BCUT2D eigenvalue weighted by Crippen LogP contribution is -2.24. The number of nitrogens with one attached hydrogen (secondary N) is 1. The molecule has 2 N–H and O–H groups in total. The van der Waals surface area contributed by atoms with Crippen molar-refractivity contribution in [2.45, 2.75) is 13.8 Å². The highest BCUT2D eigenvalue weighted by molar-refractivity contribution is 6.29. The number of hydrogen-bond donors (Lipinski definition) is 2. The number of hydrogen-bond acceptors (Lipinski definition) is 3. The van der Waals surface area contributed by atoms with Gasteiger partial charge < -0.3 is 15.2 Å². The number of rotatable bonds is 6. The number of carboxylic acids is 1. The number of benzene rings is 1. The highest BCUT2D eigenvalue weighted by atomic mass is 35.5. The second kappa shape index (κ2) is 6.96. The van der Waals surface area contributed by atoms with E-state index in [4.69, 9.17) is 21.4 Å². The Bertz CT molecular complexity index is 531. The Kier molecular flexibility index (Phi) is 5.58. The van der Waals surface area contributed by atoms with Crippen molar-refractivity contribution in [1.29, 1.82) is 0 Å². The van der Waals surface area contributed by atoms with Crippen LogP contribution in [-0.4, -0.2) is 30.1 Å². The van der Waals surface area contributed by atoms with Gasteiger partial charge in [0.25, 0.3) is 5.91 Å². The third-order valence-electron chi connectivity index (χ3n) is 2.50. The molecule has 0 spiro atoms. The van der Waals surface area contributed by atoms with Crippen LogP contribution < -0.4 is 10.1 Å². The maximum absolute atomic E-state index is 11.9. The van der Waals surface area contributed by atoms with E-state index >= 15 is 0 Å². The Hall–Kier alpha value is -2.01. The molecular formula is C14H16ClNO4. The SMILES string of the molecule is C=C(Cl)CNC(=O)c1cc(C)c(OCC(=O)O)c(C)c1. The molecule has 0 aliphatic heterocycles.